The number of aryl methyl sites for hydroxylation is 3. The van der Waals surface area contributed by atoms with Gasteiger partial charge in [-0.1, -0.05) is 25.5 Å². The van der Waals surface area contributed by atoms with Crippen LogP contribution >= 0.6 is 0 Å². The topological polar surface area (TPSA) is 46.2 Å². The molecule has 21 heavy (non-hydrogen) atoms. The molecule has 1 aliphatic carbocycles. The van der Waals surface area contributed by atoms with E-state index in [1.54, 1.807) is 0 Å². The Labute approximate surface area is 129 Å². The largest absolute Gasteiger partial charge is 0.388 e. The number of hydrogen-bond donors (Lipinski definition) is 2. The van der Waals surface area contributed by atoms with Crippen LogP contribution in [-0.2, 0) is 0 Å². The van der Waals surface area contributed by atoms with Gasteiger partial charge in [-0.2, -0.15) is 0 Å². The summed E-state index contributed by atoms with van der Waals surface area (Å²) in [6.45, 7) is 9.20. The summed E-state index contributed by atoms with van der Waals surface area (Å²) in [4.78, 5) is 0. The van der Waals surface area contributed by atoms with E-state index in [0.717, 1.165) is 24.3 Å². The van der Waals surface area contributed by atoms with Gasteiger partial charge in [0.1, 0.15) is 0 Å². The van der Waals surface area contributed by atoms with E-state index in [1.165, 1.54) is 36.0 Å². The van der Waals surface area contributed by atoms with Crippen LogP contribution in [0.4, 0.5) is 0 Å². The average Bonchev–Trinajstić information content (AvgIpc) is 2.50. The van der Waals surface area contributed by atoms with Gasteiger partial charge in [0.25, 0.3) is 0 Å². The van der Waals surface area contributed by atoms with Gasteiger partial charge in [-0.15, -0.1) is 0 Å². The Morgan fingerprint density at radius 1 is 1.14 bits per heavy atom. The molecule has 3 N–H and O–H groups in total. The maximum atomic E-state index is 11.1. The van der Waals surface area contributed by atoms with E-state index >= 15 is 0 Å². The minimum absolute atomic E-state index is 0.127. The number of aliphatic hydroxyl groups excluding tert-OH is 1. The first-order chi connectivity index (χ1) is 9.93. The Morgan fingerprint density at radius 3 is 2.24 bits per heavy atom. The Hall–Kier alpha value is -0.860. The third kappa shape index (κ3) is 3.17. The standard InChI is InChI=1S/C19H31NO/c1-5-16-6-8-19(12-20,9-7-16)18(21)17-11-14(3)13(2)10-15(17)4/h10-11,16,18,21H,5-9,12,20H2,1-4H3. The van der Waals surface area contributed by atoms with Crippen LogP contribution in [0.2, 0.25) is 0 Å². The molecule has 2 rings (SSSR count). The van der Waals surface area contributed by atoms with Crippen molar-refractivity contribution < 1.29 is 5.11 Å². The maximum absolute atomic E-state index is 11.1. The number of rotatable bonds is 4. The lowest BCUT2D eigenvalue weighted by Gasteiger charge is -2.43. The number of benzene rings is 1. The van der Waals surface area contributed by atoms with Gasteiger partial charge in [0.2, 0.25) is 0 Å². The molecular weight excluding hydrogens is 258 g/mol. The van der Waals surface area contributed by atoms with E-state index in [9.17, 15) is 5.11 Å². The summed E-state index contributed by atoms with van der Waals surface area (Å²) in [5.41, 5.74) is 10.8. The van der Waals surface area contributed by atoms with Crippen molar-refractivity contribution >= 4 is 0 Å². The molecule has 0 aromatic heterocycles. The van der Waals surface area contributed by atoms with Crippen LogP contribution in [0.15, 0.2) is 12.1 Å². The predicted octanol–water partition coefficient (Wildman–Crippen LogP) is 4.19. The molecule has 0 radical (unpaired) electrons. The maximum Gasteiger partial charge on any atom is 0.0860 e. The van der Waals surface area contributed by atoms with Gasteiger partial charge >= 0.3 is 0 Å². The first kappa shape index (κ1) is 16.5. The van der Waals surface area contributed by atoms with Gasteiger partial charge in [0.15, 0.2) is 0 Å². The van der Waals surface area contributed by atoms with Crippen molar-refractivity contribution in [1.29, 1.82) is 0 Å². The van der Waals surface area contributed by atoms with Crippen LogP contribution in [0, 0.1) is 32.1 Å². The molecule has 2 nitrogen and oxygen atoms in total. The van der Waals surface area contributed by atoms with E-state index in [1.807, 2.05) is 0 Å². The first-order valence-corrected chi connectivity index (χ1v) is 8.39. The zero-order chi connectivity index (χ0) is 15.6. The highest BCUT2D eigenvalue weighted by Crippen LogP contribution is 2.48. The van der Waals surface area contributed by atoms with E-state index in [-0.39, 0.29) is 5.41 Å². The fourth-order valence-corrected chi connectivity index (χ4v) is 3.86. The molecular formula is C19H31NO. The smallest absolute Gasteiger partial charge is 0.0860 e. The molecule has 0 heterocycles. The molecule has 1 unspecified atom stereocenters. The lowest BCUT2D eigenvalue weighted by molar-refractivity contribution is -0.0107. The highest BCUT2D eigenvalue weighted by molar-refractivity contribution is 5.38. The molecule has 1 atom stereocenters. The van der Waals surface area contributed by atoms with Crippen LogP contribution in [0.5, 0.6) is 0 Å². The van der Waals surface area contributed by atoms with Gasteiger partial charge in [0.05, 0.1) is 6.10 Å². The fourth-order valence-electron chi connectivity index (χ4n) is 3.86. The molecule has 1 aliphatic rings. The quantitative estimate of drug-likeness (QED) is 0.873. The van der Waals surface area contributed by atoms with Crippen molar-refractivity contribution in [1.82, 2.24) is 0 Å². The lowest BCUT2D eigenvalue weighted by Crippen LogP contribution is -2.40. The fraction of sp³-hybridized carbons (Fsp3) is 0.684. The minimum Gasteiger partial charge on any atom is -0.388 e. The molecule has 1 fully saturated rings. The third-order valence-corrected chi connectivity index (χ3v) is 5.84. The zero-order valence-corrected chi connectivity index (χ0v) is 14.1. The second kappa shape index (κ2) is 6.50. The van der Waals surface area contributed by atoms with Crippen molar-refractivity contribution in [3.8, 4) is 0 Å². The second-order valence-electron chi connectivity index (χ2n) is 7.11. The zero-order valence-electron chi connectivity index (χ0n) is 14.1. The molecule has 0 spiro atoms. The molecule has 0 saturated heterocycles. The Morgan fingerprint density at radius 2 is 1.71 bits per heavy atom. The highest BCUT2D eigenvalue weighted by atomic mass is 16.3. The summed E-state index contributed by atoms with van der Waals surface area (Å²) in [5.74, 6) is 0.817. The normalized spacial score (nSPS) is 27.6. The first-order valence-electron chi connectivity index (χ1n) is 8.39. The van der Waals surface area contributed by atoms with Gasteiger partial charge in [-0.05, 0) is 74.6 Å². The van der Waals surface area contributed by atoms with Gasteiger partial charge in [-0.25, -0.2) is 0 Å². The van der Waals surface area contributed by atoms with E-state index in [4.69, 9.17) is 5.73 Å². The molecule has 0 amide bonds. The summed E-state index contributed by atoms with van der Waals surface area (Å²) in [5, 5.41) is 11.1. The molecule has 1 saturated carbocycles. The van der Waals surface area contributed by atoms with Crippen LogP contribution < -0.4 is 5.73 Å². The lowest BCUT2D eigenvalue weighted by atomic mass is 9.65. The molecule has 0 bridgehead atoms. The van der Waals surface area contributed by atoms with Crippen molar-refractivity contribution in [3.05, 3.63) is 34.4 Å². The number of nitrogens with two attached hydrogens (primary N) is 1. The molecule has 1 aromatic rings. The summed E-state index contributed by atoms with van der Waals surface area (Å²) in [6.07, 6.45) is 5.33. The minimum atomic E-state index is -0.431. The van der Waals surface area contributed by atoms with E-state index < -0.39 is 6.10 Å². The van der Waals surface area contributed by atoms with E-state index in [0.29, 0.717) is 6.54 Å². The Bertz CT molecular complexity index is 487. The van der Waals surface area contributed by atoms with Crippen molar-refractivity contribution in [3.63, 3.8) is 0 Å². The van der Waals surface area contributed by atoms with Crippen molar-refractivity contribution in [2.75, 3.05) is 6.54 Å². The van der Waals surface area contributed by atoms with Crippen LogP contribution in [-0.4, -0.2) is 11.7 Å². The molecule has 2 heteroatoms. The van der Waals surface area contributed by atoms with Crippen LogP contribution in [0.3, 0.4) is 0 Å². The van der Waals surface area contributed by atoms with Gasteiger partial charge < -0.3 is 10.8 Å². The molecule has 118 valence electrons. The third-order valence-electron chi connectivity index (χ3n) is 5.84. The molecule has 1 aromatic carbocycles. The summed E-state index contributed by atoms with van der Waals surface area (Å²) in [6, 6.07) is 4.36. The van der Waals surface area contributed by atoms with Crippen molar-refractivity contribution in [2.24, 2.45) is 17.1 Å². The Balaban J connectivity index is 2.29. The number of aliphatic hydroxyl groups is 1. The summed E-state index contributed by atoms with van der Waals surface area (Å²) in [7, 11) is 0. The van der Waals surface area contributed by atoms with E-state index in [2.05, 4.69) is 39.8 Å². The summed E-state index contributed by atoms with van der Waals surface area (Å²) >= 11 is 0. The monoisotopic (exact) mass is 289 g/mol. The second-order valence-corrected chi connectivity index (χ2v) is 7.11. The van der Waals surface area contributed by atoms with Crippen LogP contribution in [0.25, 0.3) is 0 Å². The Kier molecular flexibility index (Phi) is 5.11. The van der Waals surface area contributed by atoms with Crippen molar-refractivity contribution in [2.45, 2.75) is 65.9 Å². The van der Waals surface area contributed by atoms with Gasteiger partial charge in [-0.3, -0.25) is 0 Å². The average molecular weight is 289 g/mol. The molecule has 0 aliphatic heterocycles. The van der Waals surface area contributed by atoms with Gasteiger partial charge in [0, 0.05) is 12.0 Å². The number of hydrogen-bond acceptors (Lipinski definition) is 2. The van der Waals surface area contributed by atoms with Crippen LogP contribution in [0.1, 0.15) is 67.4 Å². The highest BCUT2D eigenvalue weighted by Gasteiger charge is 2.41. The SMILES string of the molecule is CCC1CCC(CN)(C(O)c2cc(C)c(C)cc2C)CC1. The predicted molar refractivity (Wildman–Crippen MR) is 89.3 cm³/mol. The summed E-state index contributed by atoms with van der Waals surface area (Å²) < 4.78 is 0.